The molecule has 0 spiro atoms. The van der Waals surface area contributed by atoms with E-state index in [9.17, 15) is 13.2 Å². The highest BCUT2D eigenvalue weighted by atomic mass is 32.2. The van der Waals surface area contributed by atoms with Crippen molar-refractivity contribution >= 4 is 15.9 Å². The predicted octanol–water partition coefficient (Wildman–Crippen LogP) is 3.39. The Labute approximate surface area is 192 Å². The van der Waals surface area contributed by atoms with Crippen LogP contribution in [0.5, 0.6) is 17.2 Å². The van der Waals surface area contributed by atoms with Gasteiger partial charge in [0.25, 0.3) is 5.91 Å². The largest absolute Gasteiger partial charge is 0.496 e. The number of amides is 1. The van der Waals surface area contributed by atoms with Crippen LogP contribution in [-0.4, -0.2) is 28.2 Å². The number of nitrogens with one attached hydrogen (secondary N) is 2. The lowest BCUT2D eigenvalue weighted by atomic mass is 10.1. The Balaban J connectivity index is 1.45. The third-order valence-corrected chi connectivity index (χ3v) is 6.66. The normalized spacial score (nSPS) is 13.4. The molecular weight excluding hydrogens is 444 g/mol. The van der Waals surface area contributed by atoms with Crippen molar-refractivity contribution in [3.05, 3.63) is 83.4 Å². The number of carbonyl (C=O) groups excluding carboxylic acids is 1. The topological polar surface area (TPSA) is 103 Å². The summed E-state index contributed by atoms with van der Waals surface area (Å²) in [7, 11) is -2.27. The second kappa shape index (κ2) is 9.51. The van der Waals surface area contributed by atoms with Gasteiger partial charge in [-0.05, 0) is 48.9 Å². The maximum atomic E-state index is 12.8. The smallest absolute Gasteiger partial charge is 0.251 e. The Hall–Kier alpha value is -3.56. The standard InChI is InChI=1S/C24H24N2O6S/c1-16(20-8-3-4-9-21(20)30-2)26-24(27)18-6-5-7-19(13-18)33(28,29)25-14-17-10-11-22-23(12-17)32-15-31-22/h3-13,16,25H,14-15H2,1-2H3,(H,26,27)/t16-/m0/s1. The van der Waals surface area contributed by atoms with Crippen LogP contribution in [0, 0.1) is 0 Å². The number of methoxy groups -OCH3 is 1. The van der Waals surface area contributed by atoms with Crippen LogP contribution in [0.25, 0.3) is 0 Å². The van der Waals surface area contributed by atoms with Crippen molar-refractivity contribution in [2.75, 3.05) is 13.9 Å². The molecule has 0 unspecified atom stereocenters. The van der Waals surface area contributed by atoms with Gasteiger partial charge in [0.15, 0.2) is 11.5 Å². The quantitative estimate of drug-likeness (QED) is 0.525. The Morgan fingerprint density at radius 3 is 2.64 bits per heavy atom. The molecule has 3 aromatic rings. The number of sulfonamides is 1. The van der Waals surface area contributed by atoms with Crippen LogP contribution in [-0.2, 0) is 16.6 Å². The minimum atomic E-state index is -3.84. The molecular formula is C24H24N2O6S. The first-order valence-corrected chi connectivity index (χ1v) is 11.8. The van der Waals surface area contributed by atoms with Crippen molar-refractivity contribution in [3.63, 3.8) is 0 Å². The molecule has 1 atom stereocenters. The molecule has 172 valence electrons. The van der Waals surface area contributed by atoms with Crippen LogP contribution < -0.4 is 24.2 Å². The first-order valence-electron chi connectivity index (χ1n) is 10.3. The number of carbonyl (C=O) groups is 1. The molecule has 0 saturated heterocycles. The van der Waals surface area contributed by atoms with Gasteiger partial charge in [-0.1, -0.05) is 30.3 Å². The van der Waals surface area contributed by atoms with E-state index in [4.69, 9.17) is 14.2 Å². The van der Waals surface area contributed by atoms with Gasteiger partial charge < -0.3 is 19.5 Å². The van der Waals surface area contributed by atoms with E-state index in [-0.39, 0.29) is 35.7 Å². The highest BCUT2D eigenvalue weighted by Crippen LogP contribution is 2.32. The molecule has 3 aromatic carbocycles. The third kappa shape index (κ3) is 5.10. The van der Waals surface area contributed by atoms with Crippen LogP contribution >= 0.6 is 0 Å². The molecule has 1 amide bonds. The van der Waals surface area contributed by atoms with Gasteiger partial charge in [-0.3, -0.25) is 4.79 Å². The van der Waals surface area contributed by atoms with Crippen molar-refractivity contribution in [2.24, 2.45) is 0 Å². The van der Waals surface area contributed by atoms with E-state index < -0.39 is 10.0 Å². The first kappa shape index (κ1) is 22.6. The number of benzene rings is 3. The van der Waals surface area contributed by atoms with E-state index in [1.165, 1.54) is 18.2 Å². The van der Waals surface area contributed by atoms with E-state index in [1.807, 2.05) is 31.2 Å². The molecule has 9 heteroatoms. The van der Waals surface area contributed by atoms with Crippen LogP contribution in [0.15, 0.2) is 71.6 Å². The number of hydrogen-bond acceptors (Lipinski definition) is 6. The van der Waals surface area contributed by atoms with Gasteiger partial charge >= 0.3 is 0 Å². The second-order valence-corrected chi connectivity index (χ2v) is 9.24. The monoisotopic (exact) mass is 468 g/mol. The van der Waals surface area contributed by atoms with Gasteiger partial charge in [0.05, 0.1) is 18.0 Å². The zero-order valence-electron chi connectivity index (χ0n) is 18.2. The molecule has 4 rings (SSSR count). The average molecular weight is 469 g/mol. The van der Waals surface area contributed by atoms with Crippen molar-refractivity contribution in [1.29, 1.82) is 0 Å². The van der Waals surface area contributed by atoms with Crippen molar-refractivity contribution in [3.8, 4) is 17.2 Å². The second-order valence-electron chi connectivity index (χ2n) is 7.48. The Morgan fingerprint density at radius 2 is 1.82 bits per heavy atom. The maximum absolute atomic E-state index is 12.8. The van der Waals surface area contributed by atoms with Gasteiger partial charge in [0, 0.05) is 17.7 Å². The SMILES string of the molecule is COc1ccccc1[C@H](C)NC(=O)c1cccc(S(=O)(=O)NCc2ccc3c(c2)OCO3)c1. The minimum Gasteiger partial charge on any atom is -0.496 e. The lowest BCUT2D eigenvalue weighted by molar-refractivity contribution is 0.0939. The van der Waals surface area contributed by atoms with Crippen LogP contribution in [0.1, 0.15) is 34.5 Å². The maximum Gasteiger partial charge on any atom is 0.251 e. The number of rotatable bonds is 8. The summed E-state index contributed by atoms with van der Waals surface area (Å²) in [6, 6.07) is 18.2. The van der Waals surface area contributed by atoms with Crippen LogP contribution in [0.2, 0.25) is 0 Å². The Kier molecular flexibility index (Phi) is 6.52. The molecule has 1 aliphatic rings. The molecule has 0 aromatic heterocycles. The van der Waals surface area contributed by atoms with Crippen molar-refractivity contribution in [1.82, 2.24) is 10.0 Å². The van der Waals surface area contributed by atoms with Crippen LogP contribution in [0.3, 0.4) is 0 Å². The van der Waals surface area contributed by atoms with Gasteiger partial charge in [-0.25, -0.2) is 13.1 Å². The summed E-state index contributed by atoms with van der Waals surface area (Å²) in [5.41, 5.74) is 1.78. The molecule has 1 aliphatic heterocycles. The van der Waals surface area contributed by atoms with E-state index in [2.05, 4.69) is 10.0 Å². The fraction of sp³-hybridized carbons (Fsp3) is 0.208. The Morgan fingerprint density at radius 1 is 1.03 bits per heavy atom. The van der Waals surface area contributed by atoms with Gasteiger partial charge in [-0.15, -0.1) is 0 Å². The predicted molar refractivity (Wildman–Crippen MR) is 122 cm³/mol. The highest BCUT2D eigenvalue weighted by molar-refractivity contribution is 7.89. The molecule has 0 bridgehead atoms. The fourth-order valence-corrected chi connectivity index (χ4v) is 4.56. The highest BCUT2D eigenvalue weighted by Gasteiger charge is 2.19. The first-order chi connectivity index (χ1) is 15.9. The lowest BCUT2D eigenvalue weighted by Crippen LogP contribution is -2.28. The molecule has 0 saturated carbocycles. The van der Waals surface area contributed by atoms with E-state index >= 15 is 0 Å². The van der Waals surface area contributed by atoms with E-state index in [1.54, 1.807) is 31.4 Å². The van der Waals surface area contributed by atoms with Gasteiger partial charge in [-0.2, -0.15) is 0 Å². The van der Waals surface area contributed by atoms with Crippen LogP contribution in [0.4, 0.5) is 0 Å². The van der Waals surface area contributed by atoms with E-state index in [0.29, 0.717) is 17.2 Å². The molecule has 1 heterocycles. The molecule has 0 aliphatic carbocycles. The Bertz CT molecular complexity index is 1280. The summed E-state index contributed by atoms with van der Waals surface area (Å²) >= 11 is 0. The average Bonchev–Trinajstić information content (AvgIpc) is 3.31. The lowest BCUT2D eigenvalue weighted by Gasteiger charge is -2.17. The molecule has 8 nitrogen and oxygen atoms in total. The van der Waals surface area contributed by atoms with Crippen molar-refractivity contribution < 1.29 is 27.4 Å². The number of para-hydroxylation sites is 1. The summed E-state index contributed by atoms with van der Waals surface area (Å²) in [5.74, 6) is 1.48. The number of hydrogen-bond donors (Lipinski definition) is 2. The molecule has 33 heavy (non-hydrogen) atoms. The fourth-order valence-electron chi connectivity index (χ4n) is 3.50. The molecule has 0 radical (unpaired) electrons. The summed E-state index contributed by atoms with van der Waals surface area (Å²) in [5, 5.41) is 2.89. The zero-order chi connectivity index (χ0) is 23.4. The van der Waals surface area contributed by atoms with Gasteiger partial charge in [0.1, 0.15) is 5.75 Å². The summed E-state index contributed by atoms with van der Waals surface area (Å²) in [4.78, 5) is 12.8. The van der Waals surface area contributed by atoms with E-state index in [0.717, 1.165) is 11.1 Å². The number of fused-ring (bicyclic) bond motifs is 1. The summed E-state index contributed by atoms with van der Waals surface area (Å²) in [6.07, 6.45) is 0. The molecule has 0 fully saturated rings. The summed E-state index contributed by atoms with van der Waals surface area (Å²) < 4.78 is 44.2. The summed E-state index contributed by atoms with van der Waals surface area (Å²) in [6.45, 7) is 2.05. The number of ether oxygens (including phenoxy) is 3. The third-order valence-electron chi connectivity index (χ3n) is 5.26. The molecule has 2 N–H and O–H groups in total. The zero-order valence-corrected chi connectivity index (χ0v) is 19.0. The van der Waals surface area contributed by atoms with Gasteiger partial charge in [0.2, 0.25) is 16.8 Å². The minimum absolute atomic E-state index is 0.000776. The van der Waals surface area contributed by atoms with Crippen molar-refractivity contribution in [2.45, 2.75) is 24.4 Å².